The van der Waals surface area contributed by atoms with E-state index in [-0.39, 0.29) is 12.3 Å². The molecule has 0 saturated carbocycles. The minimum absolute atomic E-state index is 0.151. The van der Waals surface area contributed by atoms with E-state index in [9.17, 15) is 19.5 Å². The van der Waals surface area contributed by atoms with E-state index < -0.39 is 35.9 Å². The average molecular weight is 407 g/mol. The first-order valence-corrected chi connectivity index (χ1v) is 10.1. The van der Waals surface area contributed by atoms with Gasteiger partial charge in [-0.25, -0.2) is 4.79 Å². The molecule has 0 aliphatic rings. The standard InChI is InChI=1S/C21H34N4O4/c1-14(2)12-16(23)19(26)24-17(10-6-7-11-22)20(27)25-18(21(28)29)13-15-8-4-3-5-9-15/h3-5,8-9,14,16-18H,6-7,10-13,22-23H2,1-2H3,(H,24,26)(H,25,27)(H,28,29). The van der Waals surface area contributed by atoms with Gasteiger partial charge in [-0.15, -0.1) is 0 Å². The van der Waals surface area contributed by atoms with E-state index in [0.29, 0.717) is 32.2 Å². The smallest absolute Gasteiger partial charge is 0.326 e. The lowest BCUT2D eigenvalue weighted by atomic mass is 10.0. The number of carboxylic acid groups (broad SMARTS) is 1. The van der Waals surface area contributed by atoms with Gasteiger partial charge in [0.05, 0.1) is 6.04 Å². The van der Waals surface area contributed by atoms with Crippen LogP contribution in [-0.2, 0) is 20.8 Å². The molecule has 0 heterocycles. The zero-order valence-electron chi connectivity index (χ0n) is 17.3. The highest BCUT2D eigenvalue weighted by molar-refractivity contribution is 5.91. The topological polar surface area (TPSA) is 148 Å². The first kappa shape index (κ1) is 24.6. The highest BCUT2D eigenvalue weighted by Crippen LogP contribution is 2.08. The van der Waals surface area contributed by atoms with Crippen molar-refractivity contribution in [2.24, 2.45) is 17.4 Å². The number of carboxylic acids is 1. The van der Waals surface area contributed by atoms with Crippen LogP contribution in [0, 0.1) is 5.92 Å². The molecule has 0 aliphatic heterocycles. The number of rotatable bonds is 13. The van der Waals surface area contributed by atoms with Crippen molar-refractivity contribution < 1.29 is 19.5 Å². The van der Waals surface area contributed by atoms with Crippen molar-refractivity contribution in [2.45, 2.75) is 64.1 Å². The van der Waals surface area contributed by atoms with Gasteiger partial charge < -0.3 is 27.2 Å². The molecule has 1 aromatic rings. The fraction of sp³-hybridized carbons (Fsp3) is 0.571. The average Bonchev–Trinajstić information content (AvgIpc) is 2.66. The first-order valence-electron chi connectivity index (χ1n) is 10.1. The molecule has 2 amide bonds. The molecule has 29 heavy (non-hydrogen) atoms. The van der Waals surface area contributed by atoms with Crippen LogP contribution in [0.2, 0.25) is 0 Å². The molecule has 3 atom stereocenters. The zero-order valence-corrected chi connectivity index (χ0v) is 17.3. The monoisotopic (exact) mass is 406 g/mol. The number of carbonyl (C=O) groups excluding carboxylic acids is 2. The molecule has 1 rings (SSSR count). The van der Waals surface area contributed by atoms with Crippen LogP contribution in [0.1, 0.15) is 45.1 Å². The summed E-state index contributed by atoms with van der Waals surface area (Å²) in [7, 11) is 0. The van der Waals surface area contributed by atoms with Crippen LogP contribution in [-0.4, -0.2) is 47.6 Å². The summed E-state index contributed by atoms with van der Waals surface area (Å²) in [6, 6.07) is 6.37. The van der Waals surface area contributed by atoms with E-state index in [4.69, 9.17) is 11.5 Å². The molecule has 1 aromatic carbocycles. The van der Waals surface area contributed by atoms with E-state index in [1.54, 1.807) is 12.1 Å². The third-order valence-corrected chi connectivity index (χ3v) is 4.54. The number of amides is 2. The minimum Gasteiger partial charge on any atom is -0.480 e. The van der Waals surface area contributed by atoms with Crippen molar-refractivity contribution in [3.05, 3.63) is 35.9 Å². The number of hydrogen-bond acceptors (Lipinski definition) is 5. The second-order valence-corrected chi connectivity index (χ2v) is 7.67. The molecule has 0 aromatic heterocycles. The lowest BCUT2D eigenvalue weighted by molar-refractivity contribution is -0.142. The van der Waals surface area contributed by atoms with Crippen molar-refractivity contribution in [1.29, 1.82) is 0 Å². The molecule has 0 aliphatic carbocycles. The number of nitrogens with one attached hydrogen (secondary N) is 2. The predicted octanol–water partition coefficient (Wildman–Crippen LogP) is 0.786. The Morgan fingerprint density at radius 2 is 1.62 bits per heavy atom. The minimum atomic E-state index is -1.13. The Morgan fingerprint density at radius 1 is 1.00 bits per heavy atom. The van der Waals surface area contributed by atoms with Gasteiger partial charge in [-0.3, -0.25) is 9.59 Å². The molecule has 0 radical (unpaired) electrons. The van der Waals surface area contributed by atoms with Crippen LogP contribution in [0.4, 0.5) is 0 Å². The fourth-order valence-electron chi connectivity index (χ4n) is 2.98. The lowest BCUT2D eigenvalue weighted by Gasteiger charge is -2.23. The molecule has 0 spiro atoms. The molecule has 0 bridgehead atoms. The summed E-state index contributed by atoms with van der Waals surface area (Å²) in [6.07, 6.45) is 2.34. The summed E-state index contributed by atoms with van der Waals surface area (Å²) < 4.78 is 0. The Hall–Kier alpha value is -2.45. The van der Waals surface area contributed by atoms with Crippen molar-refractivity contribution >= 4 is 17.8 Å². The van der Waals surface area contributed by atoms with E-state index in [1.807, 2.05) is 32.0 Å². The number of unbranched alkanes of at least 4 members (excludes halogenated alkanes) is 1. The summed E-state index contributed by atoms with van der Waals surface area (Å²) >= 11 is 0. The van der Waals surface area contributed by atoms with Gasteiger partial charge in [0.15, 0.2) is 0 Å². The van der Waals surface area contributed by atoms with Gasteiger partial charge in [-0.1, -0.05) is 44.2 Å². The maximum Gasteiger partial charge on any atom is 0.326 e. The van der Waals surface area contributed by atoms with Gasteiger partial charge in [0.25, 0.3) is 0 Å². The largest absolute Gasteiger partial charge is 0.480 e. The van der Waals surface area contributed by atoms with Gasteiger partial charge in [0.1, 0.15) is 12.1 Å². The Bertz CT molecular complexity index is 651. The Labute approximate surface area is 172 Å². The lowest BCUT2D eigenvalue weighted by Crippen LogP contribution is -2.55. The van der Waals surface area contributed by atoms with Crippen LogP contribution >= 0.6 is 0 Å². The van der Waals surface area contributed by atoms with E-state index >= 15 is 0 Å². The van der Waals surface area contributed by atoms with Gasteiger partial charge >= 0.3 is 5.97 Å². The normalized spacial score (nSPS) is 14.1. The molecular weight excluding hydrogens is 372 g/mol. The summed E-state index contributed by atoms with van der Waals surface area (Å²) in [4.78, 5) is 36.8. The summed E-state index contributed by atoms with van der Waals surface area (Å²) in [5, 5.41) is 14.7. The Balaban J connectivity index is 2.81. The van der Waals surface area contributed by atoms with Crippen molar-refractivity contribution in [3.63, 3.8) is 0 Å². The molecular formula is C21H34N4O4. The molecule has 8 heteroatoms. The fourth-order valence-corrected chi connectivity index (χ4v) is 2.98. The van der Waals surface area contributed by atoms with E-state index in [0.717, 1.165) is 5.56 Å². The third kappa shape index (κ3) is 9.54. The molecule has 0 saturated heterocycles. The first-order chi connectivity index (χ1) is 13.7. The van der Waals surface area contributed by atoms with Crippen LogP contribution in [0.3, 0.4) is 0 Å². The maximum absolute atomic E-state index is 12.8. The van der Waals surface area contributed by atoms with Gasteiger partial charge in [-0.2, -0.15) is 0 Å². The molecule has 7 N–H and O–H groups in total. The van der Waals surface area contributed by atoms with E-state index in [1.165, 1.54) is 0 Å². The molecule has 3 unspecified atom stereocenters. The highest BCUT2D eigenvalue weighted by atomic mass is 16.4. The van der Waals surface area contributed by atoms with Gasteiger partial charge in [0.2, 0.25) is 11.8 Å². The predicted molar refractivity (Wildman–Crippen MR) is 112 cm³/mol. The number of aliphatic carboxylic acids is 1. The van der Waals surface area contributed by atoms with Crippen molar-refractivity contribution in [2.75, 3.05) is 6.54 Å². The number of carbonyl (C=O) groups is 3. The molecule has 8 nitrogen and oxygen atoms in total. The Kier molecular flexibility index (Phi) is 10.9. The van der Waals surface area contributed by atoms with Crippen LogP contribution in [0.25, 0.3) is 0 Å². The van der Waals surface area contributed by atoms with E-state index in [2.05, 4.69) is 10.6 Å². The number of nitrogens with two attached hydrogens (primary N) is 2. The SMILES string of the molecule is CC(C)CC(N)C(=O)NC(CCCCN)C(=O)NC(Cc1ccccc1)C(=O)O. The zero-order chi connectivity index (χ0) is 21.8. The summed E-state index contributed by atoms with van der Waals surface area (Å²) in [5.74, 6) is -1.84. The second kappa shape index (κ2) is 12.9. The third-order valence-electron chi connectivity index (χ3n) is 4.54. The van der Waals surface area contributed by atoms with Crippen molar-refractivity contribution in [3.8, 4) is 0 Å². The quantitative estimate of drug-likeness (QED) is 0.306. The second-order valence-electron chi connectivity index (χ2n) is 7.67. The van der Waals surface area contributed by atoms with Crippen LogP contribution in [0.5, 0.6) is 0 Å². The van der Waals surface area contributed by atoms with Gasteiger partial charge in [-0.05, 0) is 43.7 Å². The van der Waals surface area contributed by atoms with Crippen molar-refractivity contribution in [1.82, 2.24) is 10.6 Å². The Morgan fingerprint density at radius 3 is 2.17 bits per heavy atom. The number of hydrogen-bond donors (Lipinski definition) is 5. The van der Waals surface area contributed by atoms with Crippen LogP contribution < -0.4 is 22.1 Å². The van der Waals surface area contributed by atoms with Crippen LogP contribution in [0.15, 0.2) is 30.3 Å². The summed E-state index contributed by atoms with van der Waals surface area (Å²) in [6.45, 7) is 4.39. The maximum atomic E-state index is 12.8. The summed E-state index contributed by atoms with van der Waals surface area (Å²) in [5.41, 5.74) is 12.2. The highest BCUT2D eigenvalue weighted by Gasteiger charge is 2.28. The number of benzene rings is 1. The molecule has 0 fully saturated rings. The molecule has 162 valence electrons. The van der Waals surface area contributed by atoms with Gasteiger partial charge in [0, 0.05) is 6.42 Å².